The molecule has 2 aromatic carbocycles. The lowest BCUT2D eigenvalue weighted by Gasteiger charge is -2.35. The number of aliphatic hydroxyl groups is 2. The van der Waals surface area contributed by atoms with Crippen molar-refractivity contribution in [1.82, 2.24) is 14.8 Å². The quantitative estimate of drug-likeness (QED) is 0.554. The summed E-state index contributed by atoms with van der Waals surface area (Å²) in [5.74, 6) is 0.771. The molecule has 6 heteroatoms. The maximum atomic E-state index is 10.5. The van der Waals surface area contributed by atoms with E-state index < -0.39 is 6.10 Å². The second kappa shape index (κ2) is 10.7. The predicted octanol–water partition coefficient (Wildman–Crippen LogP) is 2.64. The van der Waals surface area contributed by atoms with Crippen molar-refractivity contribution < 1.29 is 14.9 Å². The monoisotopic (exact) mass is 421 g/mol. The summed E-state index contributed by atoms with van der Waals surface area (Å²) < 4.78 is 5.91. The average Bonchev–Trinajstić information content (AvgIpc) is 2.82. The summed E-state index contributed by atoms with van der Waals surface area (Å²) >= 11 is 0. The van der Waals surface area contributed by atoms with E-state index in [9.17, 15) is 5.11 Å². The SMILES string of the molecule is OCCCN1CCN(CC(O)COc2ccc3ccc(-c4ccncc4)cc3c2)CC1. The summed E-state index contributed by atoms with van der Waals surface area (Å²) in [5.41, 5.74) is 2.28. The fourth-order valence-electron chi connectivity index (χ4n) is 4.07. The molecule has 6 nitrogen and oxygen atoms in total. The first-order valence-electron chi connectivity index (χ1n) is 11.0. The lowest BCUT2D eigenvalue weighted by molar-refractivity contribution is 0.0451. The van der Waals surface area contributed by atoms with Crippen molar-refractivity contribution in [1.29, 1.82) is 0 Å². The smallest absolute Gasteiger partial charge is 0.120 e. The van der Waals surface area contributed by atoms with Crippen LogP contribution in [0.1, 0.15) is 6.42 Å². The molecule has 1 unspecified atom stereocenters. The van der Waals surface area contributed by atoms with Crippen LogP contribution in [-0.2, 0) is 0 Å². The van der Waals surface area contributed by atoms with E-state index in [-0.39, 0.29) is 13.2 Å². The van der Waals surface area contributed by atoms with Crippen LogP contribution in [0.5, 0.6) is 5.75 Å². The molecule has 164 valence electrons. The van der Waals surface area contributed by atoms with E-state index in [2.05, 4.69) is 39.0 Å². The number of hydrogen-bond acceptors (Lipinski definition) is 6. The number of aliphatic hydroxyl groups excluding tert-OH is 2. The van der Waals surface area contributed by atoms with Crippen LogP contribution in [0.3, 0.4) is 0 Å². The van der Waals surface area contributed by atoms with Crippen LogP contribution in [0.25, 0.3) is 21.9 Å². The number of rotatable bonds is 9. The van der Waals surface area contributed by atoms with E-state index >= 15 is 0 Å². The van der Waals surface area contributed by atoms with Crippen molar-refractivity contribution in [3.05, 3.63) is 60.9 Å². The summed E-state index contributed by atoms with van der Waals surface area (Å²) in [6, 6.07) is 16.4. The molecule has 31 heavy (non-hydrogen) atoms. The number of piperazine rings is 1. The van der Waals surface area contributed by atoms with Crippen molar-refractivity contribution >= 4 is 10.8 Å². The minimum atomic E-state index is -0.525. The van der Waals surface area contributed by atoms with Crippen molar-refractivity contribution in [2.45, 2.75) is 12.5 Å². The summed E-state index contributed by atoms with van der Waals surface area (Å²) in [5, 5.41) is 21.7. The standard InChI is InChI=1S/C25H31N3O3/c29-15-1-10-27-11-13-28(14-12-27)18-24(30)19-31-25-5-4-20-2-3-22(16-23(20)17-25)21-6-8-26-9-7-21/h2-9,16-17,24,29-30H,1,10-15,18-19H2. The molecular formula is C25H31N3O3. The van der Waals surface area contributed by atoms with Gasteiger partial charge in [0.1, 0.15) is 18.5 Å². The largest absolute Gasteiger partial charge is 0.491 e. The molecule has 2 N–H and O–H groups in total. The van der Waals surface area contributed by atoms with Crippen molar-refractivity contribution in [3.8, 4) is 16.9 Å². The highest BCUT2D eigenvalue weighted by Crippen LogP contribution is 2.27. The van der Waals surface area contributed by atoms with Gasteiger partial charge in [0.25, 0.3) is 0 Å². The Balaban J connectivity index is 1.30. The lowest BCUT2D eigenvalue weighted by Crippen LogP contribution is -2.49. The highest BCUT2D eigenvalue weighted by atomic mass is 16.5. The third-order valence-corrected chi connectivity index (χ3v) is 5.83. The molecule has 1 atom stereocenters. The first kappa shape index (κ1) is 21.7. The van der Waals surface area contributed by atoms with Gasteiger partial charge in [-0.1, -0.05) is 18.2 Å². The Kier molecular flexibility index (Phi) is 7.48. The van der Waals surface area contributed by atoms with Gasteiger partial charge in [-0.2, -0.15) is 0 Å². The summed E-state index contributed by atoms with van der Waals surface area (Å²) in [6.07, 6.45) is 3.90. The molecule has 0 saturated carbocycles. The van der Waals surface area contributed by atoms with Crippen LogP contribution < -0.4 is 4.74 Å². The van der Waals surface area contributed by atoms with Gasteiger partial charge in [0.15, 0.2) is 0 Å². The molecule has 1 aliphatic rings. The maximum Gasteiger partial charge on any atom is 0.120 e. The number of ether oxygens (including phenoxy) is 1. The van der Waals surface area contributed by atoms with Gasteiger partial charge >= 0.3 is 0 Å². The summed E-state index contributed by atoms with van der Waals surface area (Å²) in [4.78, 5) is 8.74. The average molecular weight is 422 g/mol. The van der Waals surface area contributed by atoms with E-state index in [1.165, 1.54) is 0 Å². The Morgan fingerprint density at radius 1 is 0.871 bits per heavy atom. The maximum absolute atomic E-state index is 10.5. The molecule has 0 aliphatic carbocycles. The molecule has 0 bridgehead atoms. The summed E-state index contributed by atoms with van der Waals surface area (Å²) in [7, 11) is 0. The van der Waals surface area contributed by atoms with E-state index in [4.69, 9.17) is 9.84 Å². The van der Waals surface area contributed by atoms with E-state index in [1.54, 1.807) is 12.4 Å². The summed E-state index contributed by atoms with van der Waals surface area (Å²) in [6.45, 7) is 5.94. The number of β-amino-alcohol motifs (C(OH)–C–C–N with tert-alkyl or cyclic N) is 1. The molecule has 3 aromatic rings. The zero-order valence-corrected chi connectivity index (χ0v) is 17.9. The minimum absolute atomic E-state index is 0.246. The van der Waals surface area contributed by atoms with Crippen LogP contribution in [-0.4, -0.2) is 83.6 Å². The Morgan fingerprint density at radius 2 is 1.61 bits per heavy atom. The van der Waals surface area contributed by atoms with Crippen LogP contribution in [0.15, 0.2) is 60.9 Å². The third kappa shape index (κ3) is 6.02. The van der Waals surface area contributed by atoms with E-state index in [1.807, 2.05) is 24.3 Å². The highest BCUT2D eigenvalue weighted by molar-refractivity contribution is 5.88. The Labute approximate surface area is 183 Å². The number of fused-ring (bicyclic) bond motifs is 1. The van der Waals surface area contributed by atoms with E-state index in [0.717, 1.165) is 66.8 Å². The van der Waals surface area contributed by atoms with Crippen molar-refractivity contribution in [3.63, 3.8) is 0 Å². The van der Waals surface area contributed by atoms with Crippen LogP contribution in [0.4, 0.5) is 0 Å². The van der Waals surface area contributed by atoms with E-state index in [0.29, 0.717) is 6.54 Å². The zero-order chi connectivity index (χ0) is 21.5. The Morgan fingerprint density at radius 3 is 2.39 bits per heavy atom. The zero-order valence-electron chi connectivity index (χ0n) is 17.9. The number of benzene rings is 2. The topological polar surface area (TPSA) is 69.1 Å². The molecule has 1 aliphatic heterocycles. The van der Waals surface area contributed by atoms with Crippen LogP contribution >= 0.6 is 0 Å². The lowest BCUT2D eigenvalue weighted by atomic mass is 10.0. The molecule has 1 fully saturated rings. The molecule has 0 spiro atoms. The van der Waals surface area contributed by atoms with Gasteiger partial charge in [0, 0.05) is 58.3 Å². The van der Waals surface area contributed by atoms with Gasteiger partial charge in [-0.25, -0.2) is 0 Å². The van der Waals surface area contributed by atoms with Crippen LogP contribution in [0.2, 0.25) is 0 Å². The number of nitrogens with zero attached hydrogens (tertiary/aromatic N) is 3. The van der Waals surface area contributed by atoms with Gasteiger partial charge in [0.2, 0.25) is 0 Å². The van der Waals surface area contributed by atoms with Gasteiger partial charge < -0.3 is 19.8 Å². The minimum Gasteiger partial charge on any atom is -0.491 e. The second-order valence-electron chi connectivity index (χ2n) is 8.14. The number of pyridine rings is 1. The number of aromatic nitrogens is 1. The molecule has 0 radical (unpaired) electrons. The first-order valence-corrected chi connectivity index (χ1v) is 11.0. The van der Waals surface area contributed by atoms with Gasteiger partial charge in [-0.05, 0) is 58.7 Å². The van der Waals surface area contributed by atoms with Crippen LogP contribution in [0, 0.1) is 0 Å². The Bertz CT molecular complexity index is 959. The third-order valence-electron chi connectivity index (χ3n) is 5.83. The van der Waals surface area contributed by atoms with Gasteiger partial charge in [-0.15, -0.1) is 0 Å². The predicted molar refractivity (Wildman–Crippen MR) is 123 cm³/mol. The Hall–Kier alpha value is -2.51. The van der Waals surface area contributed by atoms with Gasteiger partial charge in [-0.3, -0.25) is 9.88 Å². The molecule has 1 aromatic heterocycles. The molecular weight excluding hydrogens is 390 g/mol. The van der Waals surface area contributed by atoms with Gasteiger partial charge in [0.05, 0.1) is 0 Å². The van der Waals surface area contributed by atoms with Crippen molar-refractivity contribution in [2.24, 2.45) is 0 Å². The fraction of sp³-hybridized carbons (Fsp3) is 0.400. The molecule has 1 saturated heterocycles. The number of hydrogen-bond donors (Lipinski definition) is 2. The molecule has 4 rings (SSSR count). The molecule has 2 heterocycles. The normalized spacial score (nSPS) is 16.5. The first-order chi connectivity index (χ1) is 15.2. The van der Waals surface area contributed by atoms with Crippen molar-refractivity contribution in [2.75, 3.05) is 52.5 Å². The second-order valence-corrected chi connectivity index (χ2v) is 8.14. The molecule has 0 amide bonds. The highest BCUT2D eigenvalue weighted by Gasteiger charge is 2.19. The fourth-order valence-corrected chi connectivity index (χ4v) is 4.07.